The summed E-state index contributed by atoms with van der Waals surface area (Å²) in [6.45, 7) is 0.429. The van der Waals surface area contributed by atoms with Crippen molar-refractivity contribution < 1.29 is 14.2 Å². The Hall–Kier alpha value is -3.67. The molecule has 0 unspecified atom stereocenters. The molecule has 6 nitrogen and oxygen atoms in total. The van der Waals surface area contributed by atoms with Crippen LogP contribution in [0.4, 0.5) is 5.69 Å². The van der Waals surface area contributed by atoms with Gasteiger partial charge in [-0.25, -0.2) is 4.99 Å². The highest BCUT2D eigenvalue weighted by atomic mass is 16.5. The number of rotatable bonds is 7. The van der Waals surface area contributed by atoms with Gasteiger partial charge in [-0.1, -0.05) is 30.3 Å². The minimum absolute atomic E-state index is 0.307. The predicted octanol–water partition coefficient (Wildman–Crippen LogP) is 4.42. The fourth-order valence-corrected chi connectivity index (χ4v) is 2.61. The maximum absolute atomic E-state index is 6.01. The molecule has 0 saturated heterocycles. The van der Waals surface area contributed by atoms with E-state index in [0.717, 1.165) is 22.7 Å². The summed E-state index contributed by atoms with van der Waals surface area (Å²) in [5, 5.41) is 3.05. The van der Waals surface area contributed by atoms with Gasteiger partial charge in [-0.2, -0.15) is 0 Å². The zero-order valence-electron chi connectivity index (χ0n) is 15.9. The summed E-state index contributed by atoms with van der Waals surface area (Å²) in [6, 6.07) is 22.9. The molecule has 0 aromatic heterocycles. The lowest BCUT2D eigenvalue weighted by molar-refractivity contribution is 0.355. The third kappa shape index (κ3) is 5.17. The van der Waals surface area contributed by atoms with Crippen LogP contribution in [-0.2, 0) is 6.54 Å². The van der Waals surface area contributed by atoms with E-state index in [4.69, 9.17) is 19.9 Å². The fraction of sp³-hybridized carbons (Fsp3) is 0.136. The van der Waals surface area contributed by atoms with Crippen LogP contribution in [0, 0.1) is 0 Å². The molecular weight excluding hydrogens is 354 g/mol. The molecule has 28 heavy (non-hydrogen) atoms. The second-order valence-electron chi connectivity index (χ2n) is 5.96. The number of ether oxygens (including phenoxy) is 3. The van der Waals surface area contributed by atoms with Crippen LogP contribution in [0.2, 0.25) is 0 Å². The Labute approximate surface area is 164 Å². The fourth-order valence-electron chi connectivity index (χ4n) is 2.61. The van der Waals surface area contributed by atoms with Crippen molar-refractivity contribution in [1.29, 1.82) is 0 Å². The van der Waals surface area contributed by atoms with E-state index in [1.807, 2.05) is 60.7 Å². The number of nitrogens with one attached hydrogen (secondary N) is 1. The van der Waals surface area contributed by atoms with Crippen molar-refractivity contribution in [2.75, 3.05) is 19.5 Å². The molecule has 0 radical (unpaired) electrons. The van der Waals surface area contributed by atoms with Gasteiger partial charge < -0.3 is 25.3 Å². The molecule has 3 aromatic carbocycles. The molecule has 0 bridgehead atoms. The first-order valence-corrected chi connectivity index (χ1v) is 8.79. The standard InChI is InChI=1S/C22H23N3O3/c1-26-20-12-11-17(14-21(20)27-2)25-22(23)24-15-16-7-6-10-19(13-16)28-18-8-4-3-5-9-18/h3-14H,15H2,1-2H3,(H3,23,24,25). The minimum atomic E-state index is 0.307. The molecule has 0 heterocycles. The quantitative estimate of drug-likeness (QED) is 0.471. The van der Waals surface area contributed by atoms with Crippen LogP contribution in [0.3, 0.4) is 0 Å². The summed E-state index contributed by atoms with van der Waals surface area (Å²) >= 11 is 0. The molecule has 0 fully saturated rings. The number of nitrogens with two attached hydrogens (primary N) is 1. The third-order valence-corrected chi connectivity index (χ3v) is 3.97. The maximum atomic E-state index is 6.01. The van der Waals surface area contributed by atoms with E-state index >= 15 is 0 Å². The summed E-state index contributed by atoms with van der Waals surface area (Å²) in [5.41, 5.74) is 7.77. The zero-order chi connectivity index (χ0) is 19.8. The van der Waals surface area contributed by atoms with Gasteiger partial charge in [0.15, 0.2) is 17.5 Å². The van der Waals surface area contributed by atoms with Gasteiger partial charge in [0.1, 0.15) is 11.5 Å². The molecule has 0 spiro atoms. The number of hydrogen-bond acceptors (Lipinski definition) is 4. The lowest BCUT2D eigenvalue weighted by Gasteiger charge is -2.11. The Bertz CT molecular complexity index is 943. The second kappa shape index (κ2) is 9.32. The summed E-state index contributed by atoms with van der Waals surface area (Å²) in [5.74, 6) is 3.12. The van der Waals surface area contributed by atoms with Crippen molar-refractivity contribution in [3.8, 4) is 23.0 Å². The number of nitrogens with zero attached hydrogens (tertiary/aromatic N) is 1. The first-order chi connectivity index (χ1) is 13.7. The highest BCUT2D eigenvalue weighted by molar-refractivity contribution is 5.92. The number of benzene rings is 3. The zero-order valence-corrected chi connectivity index (χ0v) is 15.9. The maximum Gasteiger partial charge on any atom is 0.193 e. The van der Waals surface area contributed by atoms with E-state index in [1.165, 1.54) is 0 Å². The molecule has 144 valence electrons. The van der Waals surface area contributed by atoms with Crippen LogP contribution in [-0.4, -0.2) is 20.2 Å². The lowest BCUT2D eigenvalue weighted by Crippen LogP contribution is -2.22. The van der Waals surface area contributed by atoms with Crippen LogP contribution in [0.15, 0.2) is 77.8 Å². The van der Waals surface area contributed by atoms with Crippen molar-refractivity contribution in [3.63, 3.8) is 0 Å². The van der Waals surface area contributed by atoms with Crippen molar-refractivity contribution in [2.45, 2.75) is 6.54 Å². The average molecular weight is 377 g/mol. The molecule has 0 amide bonds. The normalized spacial score (nSPS) is 11.0. The average Bonchev–Trinajstić information content (AvgIpc) is 2.73. The van der Waals surface area contributed by atoms with Crippen molar-refractivity contribution in [2.24, 2.45) is 10.7 Å². The second-order valence-corrected chi connectivity index (χ2v) is 5.96. The van der Waals surface area contributed by atoms with Gasteiger partial charge in [-0.05, 0) is 42.0 Å². The number of anilines is 1. The molecule has 3 N–H and O–H groups in total. The van der Waals surface area contributed by atoms with Crippen molar-refractivity contribution >= 4 is 11.6 Å². The number of methoxy groups -OCH3 is 2. The van der Waals surface area contributed by atoms with Crippen molar-refractivity contribution in [3.05, 3.63) is 78.4 Å². The smallest absolute Gasteiger partial charge is 0.193 e. The molecular formula is C22H23N3O3. The monoisotopic (exact) mass is 377 g/mol. The summed E-state index contributed by atoms with van der Waals surface area (Å²) in [4.78, 5) is 4.39. The van der Waals surface area contributed by atoms with E-state index in [0.29, 0.717) is 24.0 Å². The van der Waals surface area contributed by atoms with Gasteiger partial charge in [0, 0.05) is 11.8 Å². The predicted molar refractivity (Wildman–Crippen MR) is 111 cm³/mol. The Morgan fingerprint density at radius 1 is 0.857 bits per heavy atom. The van der Waals surface area contributed by atoms with Crippen molar-refractivity contribution in [1.82, 2.24) is 0 Å². The Morgan fingerprint density at radius 3 is 2.36 bits per heavy atom. The van der Waals surface area contributed by atoms with E-state index in [2.05, 4.69) is 10.3 Å². The largest absolute Gasteiger partial charge is 0.493 e. The van der Waals surface area contributed by atoms with E-state index in [-0.39, 0.29) is 0 Å². The van der Waals surface area contributed by atoms with E-state index in [1.54, 1.807) is 26.4 Å². The number of guanidine groups is 1. The number of aliphatic imine (C=N–C) groups is 1. The van der Waals surface area contributed by atoms with Gasteiger partial charge in [0.2, 0.25) is 0 Å². The topological polar surface area (TPSA) is 78.1 Å². The molecule has 3 aromatic rings. The van der Waals surface area contributed by atoms with Crippen LogP contribution in [0.25, 0.3) is 0 Å². The number of hydrogen-bond donors (Lipinski definition) is 2. The molecule has 0 saturated carbocycles. The highest BCUT2D eigenvalue weighted by Crippen LogP contribution is 2.29. The van der Waals surface area contributed by atoms with Crippen LogP contribution in [0.5, 0.6) is 23.0 Å². The van der Waals surface area contributed by atoms with E-state index in [9.17, 15) is 0 Å². The minimum Gasteiger partial charge on any atom is -0.493 e. The highest BCUT2D eigenvalue weighted by Gasteiger charge is 2.05. The van der Waals surface area contributed by atoms with Gasteiger partial charge >= 0.3 is 0 Å². The number of para-hydroxylation sites is 1. The van der Waals surface area contributed by atoms with Gasteiger partial charge in [-0.3, -0.25) is 0 Å². The van der Waals surface area contributed by atoms with Gasteiger partial charge in [0.25, 0.3) is 0 Å². The summed E-state index contributed by atoms with van der Waals surface area (Å²) in [6.07, 6.45) is 0. The van der Waals surface area contributed by atoms with Crippen LogP contribution < -0.4 is 25.3 Å². The SMILES string of the molecule is COc1ccc(NC(N)=NCc2cccc(Oc3ccccc3)c2)cc1OC. The Balaban J connectivity index is 1.64. The first kappa shape index (κ1) is 19.1. The third-order valence-electron chi connectivity index (χ3n) is 3.97. The molecule has 6 heteroatoms. The van der Waals surface area contributed by atoms with Gasteiger partial charge in [-0.15, -0.1) is 0 Å². The Kier molecular flexibility index (Phi) is 6.36. The first-order valence-electron chi connectivity index (χ1n) is 8.79. The molecule has 0 aliphatic rings. The molecule has 0 aliphatic heterocycles. The van der Waals surface area contributed by atoms with Gasteiger partial charge in [0.05, 0.1) is 20.8 Å². The van der Waals surface area contributed by atoms with E-state index < -0.39 is 0 Å². The summed E-state index contributed by atoms with van der Waals surface area (Å²) in [7, 11) is 3.18. The van der Waals surface area contributed by atoms with Crippen LogP contribution >= 0.6 is 0 Å². The van der Waals surface area contributed by atoms with Crippen LogP contribution in [0.1, 0.15) is 5.56 Å². The Morgan fingerprint density at radius 2 is 1.61 bits per heavy atom. The summed E-state index contributed by atoms with van der Waals surface area (Å²) < 4.78 is 16.4. The molecule has 0 aliphatic carbocycles. The lowest BCUT2D eigenvalue weighted by atomic mass is 10.2. The molecule has 3 rings (SSSR count). The molecule has 0 atom stereocenters.